The highest BCUT2D eigenvalue weighted by Gasteiger charge is 2.25. The number of rotatable bonds is 4. The second-order valence-corrected chi connectivity index (χ2v) is 7.84. The van der Waals surface area contributed by atoms with E-state index < -0.39 is 0 Å². The van der Waals surface area contributed by atoms with Crippen LogP contribution in [-0.4, -0.2) is 33.7 Å². The molecule has 3 aromatic rings. The van der Waals surface area contributed by atoms with E-state index in [9.17, 15) is 14.0 Å². The Kier molecular flexibility index (Phi) is 5.34. The first kappa shape index (κ1) is 18.6. The molecule has 0 radical (unpaired) electrons. The summed E-state index contributed by atoms with van der Waals surface area (Å²) in [5.74, 6) is -0.280. The smallest absolute Gasteiger partial charge is 0.267 e. The zero-order valence-corrected chi connectivity index (χ0v) is 16.1. The van der Waals surface area contributed by atoms with Gasteiger partial charge in [0.15, 0.2) is 0 Å². The van der Waals surface area contributed by atoms with Crippen LogP contribution < -0.4 is 5.56 Å². The standard InChI is InChI=1S/C21H20FN3O2S/c22-16-5-3-15(4-6-16)14-21(27)24-11-9-17(10-12-24)25-20(26)8-7-18(23-25)19-2-1-13-28-19/h1-8,13,17H,9-12,14H2. The summed E-state index contributed by atoms with van der Waals surface area (Å²) in [7, 11) is 0. The monoisotopic (exact) mass is 397 g/mol. The number of carbonyl (C=O) groups is 1. The number of nitrogens with zero attached hydrogens (tertiary/aromatic N) is 3. The number of piperidine rings is 1. The number of amides is 1. The van der Waals surface area contributed by atoms with E-state index in [0.29, 0.717) is 25.9 Å². The molecular weight excluding hydrogens is 377 g/mol. The van der Waals surface area contributed by atoms with Gasteiger partial charge in [-0.2, -0.15) is 5.10 Å². The lowest BCUT2D eigenvalue weighted by Gasteiger charge is -2.32. The molecule has 0 unspecified atom stereocenters. The molecule has 2 aromatic heterocycles. The van der Waals surface area contributed by atoms with Gasteiger partial charge in [-0.3, -0.25) is 9.59 Å². The van der Waals surface area contributed by atoms with Crippen LogP contribution in [-0.2, 0) is 11.2 Å². The number of likely N-dealkylation sites (tertiary alicyclic amines) is 1. The Balaban J connectivity index is 1.41. The minimum absolute atomic E-state index is 0.0118. The third-order valence-corrected chi connectivity index (χ3v) is 5.92. The molecule has 0 aliphatic carbocycles. The summed E-state index contributed by atoms with van der Waals surface area (Å²) in [5, 5.41) is 6.54. The van der Waals surface area contributed by atoms with Gasteiger partial charge in [-0.15, -0.1) is 11.3 Å². The highest BCUT2D eigenvalue weighted by molar-refractivity contribution is 7.13. The fraction of sp³-hybridized carbons (Fsp3) is 0.286. The number of benzene rings is 1. The minimum atomic E-state index is -0.306. The molecule has 1 amide bonds. The lowest BCUT2D eigenvalue weighted by molar-refractivity contribution is -0.131. The molecule has 0 bridgehead atoms. The van der Waals surface area contributed by atoms with Gasteiger partial charge in [0.2, 0.25) is 5.91 Å². The number of thiophene rings is 1. The third-order valence-electron chi connectivity index (χ3n) is 5.03. The summed E-state index contributed by atoms with van der Waals surface area (Å²) in [6.45, 7) is 1.17. The summed E-state index contributed by atoms with van der Waals surface area (Å²) in [4.78, 5) is 27.7. The number of aromatic nitrogens is 2. The Morgan fingerprint density at radius 1 is 1.11 bits per heavy atom. The average Bonchev–Trinajstić information content (AvgIpc) is 3.25. The average molecular weight is 397 g/mol. The molecule has 1 fully saturated rings. The van der Waals surface area contributed by atoms with Crippen molar-refractivity contribution in [3.8, 4) is 10.6 Å². The summed E-state index contributed by atoms with van der Waals surface area (Å²) in [6.07, 6.45) is 1.64. The maximum atomic E-state index is 13.0. The minimum Gasteiger partial charge on any atom is -0.342 e. The van der Waals surface area contributed by atoms with Gasteiger partial charge in [-0.1, -0.05) is 18.2 Å². The van der Waals surface area contributed by atoms with Crippen molar-refractivity contribution in [1.82, 2.24) is 14.7 Å². The number of carbonyl (C=O) groups excluding carboxylic acids is 1. The molecule has 3 heterocycles. The normalized spacial score (nSPS) is 15.0. The second kappa shape index (κ2) is 8.06. The Morgan fingerprint density at radius 2 is 1.86 bits per heavy atom. The summed E-state index contributed by atoms with van der Waals surface area (Å²) in [6, 6.07) is 13.3. The fourth-order valence-electron chi connectivity index (χ4n) is 3.49. The van der Waals surface area contributed by atoms with Crippen molar-refractivity contribution in [1.29, 1.82) is 0 Å². The molecule has 7 heteroatoms. The predicted molar refractivity (Wildman–Crippen MR) is 107 cm³/mol. The maximum absolute atomic E-state index is 13.0. The van der Waals surface area contributed by atoms with E-state index in [-0.39, 0.29) is 29.7 Å². The molecule has 144 valence electrons. The van der Waals surface area contributed by atoms with Gasteiger partial charge in [0.05, 0.1) is 17.3 Å². The van der Waals surface area contributed by atoms with Crippen LogP contribution in [0, 0.1) is 5.82 Å². The first-order valence-corrected chi connectivity index (χ1v) is 10.1. The van der Waals surface area contributed by atoms with Crippen LogP contribution in [0.3, 0.4) is 0 Å². The molecule has 1 aromatic carbocycles. The van der Waals surface area contributed by atoms with Crippen LogP contribution >= 0.6 is 11.3 Å². The fourth-order valence-corrected chi connectivity index (χ4v) is 4.18. The van der Waals surface area contributed by atoms with Gasteiger partial charge in [-0.05, 0) is 48.1 Å². The van der Waals surface area contributed by atoms with E-state index in [1.165, 1.54) is 12.1 Å². The van der Waals surface area contributed by atoms with E-state index in [1.54, 1.807) is 40.3 Å². The molecular formula is C21H20FN3O2S. The van der Waals surface area contributed by atoms with Crippen molar-refractivity contribution in [3.63, 3.8) is 0 Å². The van der Waals surface area contributed by atoms with Gasteiger partial charge >= 0.3 is 0 Å². The Labute approximate surface area is 166 Å². The molecule has 1 saturated heterocycles. The molecule has 0 spiro atoms. The molecule has 4 rings (SSSR count). The van der Waals surface area contributed by atoms with E-state index in [2.05, 4.69) is 5.10 Å². The highest BCUT2D eigenvalue weighted by Crippen LogP contribution is 2.24. The highest BCUT2D eigenvalue weighted by atomic mass is 32.1. The number of hydrogen-bond acceptors (Lipinski definition) is 4. The first-order chi connectivity index (χ1) is 13.6. The predicted octanol–water partition coefficient (Wildman–Crippen LogP) is 3.52. The number of hydrogen-bond donors (Lipinski definition) is 0. The molecule has 1 aliphatic rings. The zero-order valence-electron chi connectivity index (χ0n) is 15.3. The van der Waals surface area contributed by atoms with Crippen LogP contribution in [0.4, 0.5) is 4.39 Å². The van der Waals surface area contributed by atoms with Crippen LogP contribution in [0.25, 0.3) is 10.6 Å². The Bertz CT molecular complexity index is 1010. The summed E-state index contributed by atoms with van der Waals surface area (Å²) < 4.78 is 14.6. The van der Waals surface area contributed by atoms with Crippen molar-refractivity contribution in [2.45, 2.75) is 25.3 Å². The van der Waals surface area contributed by atoms with Gasteiger partial charge in [-0.25, -0.2) is 9.07 Å². The first-order valence-electron chi connectivity index (χ1n) is 9.26. The van der Waals surface area contributed by atoms with Crippen LogP contribution in [0.5, 0.6) is 0 Å². The Hall–Kier alpha value is -2.80. The third kappa shape index (κ3) is 4.04. The quantitative estimate of drug-likeness (QED) is 0.677. The van der Waals surface area contributed by atoms with Crippen LogP contribution in [0.15, 0.2) is 58.7 Å². The molecule has 28 heavy (non-hydrogen) atoms. The molecule has 0 N–H and O–H groups in total. The van der Waals surface area contributed by atoms with Gasteiger partial charge < -0.3 is 4.90 Å². The number of halogens is 1. The molecule has 5 nitrogen and oxygen atoms in total. The maximum Gasteiger partial charge on any atom is 0.267 e. The van der Waals surface area contributed by atoms with Crippen molar-refractivity contribution in [3.05, 3.63) is 75.6 Å². The van der Waals surface area contributed by atoms with Gasteiger partial charge in [0.1, 0.15) is 11.5 Å². The lowest BCUT2D eigenvalue weighted by Crippen LogP contribution is -2.42. The van der Waals surface area contributed by atoms with E-state index in [4.69, 9.17) is 0 Å². The van der Waals surface area contributed by atoms with Crippen molar-refractivity contribution in [2.75, 3.05) is 13.1 Å². The van der Waals surface area contributed by atoms with Crippen molar-refractivity contribution in [2.24, 2.45) is 0 Å². The van der Waals surface area contributed by atoms with Gasteiger partial charge in [0.25, 0.3) is 5.56 Å². The lowest BCUT2D eigenvalue weighted by atomic mass is 10.0. The van der Waals surface area contributed by atoms with Gasteiger partial charge in [0, 0.05) is 19.2 Å². The molecule has 0 atom stereocenters. The topological polar surface area (TPSA) is 55.2 Å². The Morgan fingerprint density at radius 3 is 2.54 bits per heavy atom. The van der Waals surface area contributed by atoms with E-state index in [0.717, 1.165) is 16.1 Å². The zero-order chi connectivity index (χ0) is 19.5. The molecule has 1 aliphatic heterocycles. The van der Waals surface area contributed by atoms with E-state index in [1.807, 2.05) is 22.4 Å². The van der Waals surface area contributed by atoms with E-state index >= 15 is 0 Å². The van der Waals surface area contributed by atoms with Crippen LogP contribution in [0.2, 0.25) is 0 Å². The van der Waals surface area contributed by atoms with Crippen LogP contribution in [0.1, 0.15) is 24.4 Å². The van der Waals surface area contributed by atoms with Crippen molar-refractivity contribution >= 4 is 17.2 Å². The summed E-state index contributed by atoms with van der Waals surface area (Å²) in [5.41, 5.74) is 1.48. The summed E-state index contributed by atoms with van der Waals surface area (Å²) >= 11 is 1.59. The SMILES string of the molecule is O=C(Cc1ccc(F)cc1)N1CCC(n2nc(-c3cccs3)ccc2=O)CC1. The molecule has 0 saturated carbocycles. The van der Waals surface area contributed by atoms with Crippen molar-refractivity contribution < 1.29 is 9.18 Å². The second-order valence-electron chi connectivity index (χ2n) is 6.89. The largest absolute Gasteiger partial charge is 0.342 e.